The number of carbonyl (C=O) groups excluding carboxylic acids is 1. The van der Waals surface area contributed by atoms with Crippen molar-refractivity contribution in [2.24, 2.45) is 0 Å². The average molecular weight is 211 g/mol. The molecule has 0 saturated carbocycles. The van der Waals surface area contributed by atoms with Gasteiger partial charge in [0.25, 0.3) is 0 Å². The fourth-order valence-electron chi connectivity index (χ4n) is 1.28. The zero-order valence-electron chi connectivity index (χ0n) is 7.36. The molecule has 2 aromatic heterocycles. The van der Waals surface area contributed by atoms with Gasteiger partial charge in [-0.3, -0.25) is 4.79 Å². The van der Waals surface area contributed by atoms with Gasteiger partial charge in [-0.1, -0.05) is 11.6 Å². The number of imidazole rings is 1. The third-order valence-electron chi connectivity index (χ3n) is 1.84. The van der Waals surface area contributed by atoms with Gasteiger partial charge >= 0.3 is 0 Å². The number of carbonyl (C=O) groups is 1. The van der Waals surface area contributed by atoms with Gasteiger partial charge in [0.2, 0.25) is 0 Å². The summed E-state index contributed by atoms with van der Waals surface area (Å²) in [6, 6.07) is 0. The highest BCUT2D eigenvalue weighted by atomic mass is 35.5. The molecule has 0 spiro atoms. The molecule has 0 saturated heterocycles. The molecule has 0 bridgehead atoms. The number of nitrogens with two attached hydrogens (primary N) is 1. The number of fused-ring (bicyclic) bond motifs is 1. The van der Waals surface area contributed by atoms with Crippen LogP contribution in [0, 0.1) is 0 Å². The maximum Gasteiger partial charge on any atom is 0.168 e. The van der Waals surface area contributed by atoms with Crippen molar-refractivity contribution in [2.75, 3.05) is 5.73 Å². The van der Waals surface area contributed by atoms with Gasteiger partial charge in [-0.05, 0) is 6.92 Å². The molecule has 2 N–H and O–H groups in total. The second-order valence-corrected chi connectivity index (χ2v) is 3.25. The number of nitrogens with zero attached hydrogens (tertiary/aromatic N) is 3. The van der Waals surface area contributed by atoms with Crippen LogP contribution in [0.1, 0.15) is 17.3 Å². The van der Waals surface area contributed by atoms with Gasteiger partial charge in [0.05, 0.1) is 23.6 Å². The standard InChI is InChI=1S/C8H7ClN4O/c1-4(14)7-5(10)2-11-13-3-6(9)12-8(7)13/h2-3H,10H2,1H3. The lowest BCUT2D eigenvalue weighted by Gasteiger charge is -2.01. The minimum absolute atomic E-state index is 0.155. The highest BCUT2D eigenvalue weighted by Gasteiger charge is 2.13. The zero-order valence-corrected chi connectivity index (χ0v) is 8.12. The molecule has 72 valence electrons. The van der Waals surface area contributed by atoms with Gasteiger partial charge in [0.1, 0.15) is 5.15 Å². The van der Waals surface area contributed by atoms with E-state index in [1.165, 1.54) is 23.8 Å². The van der Waals surface area contributed by atoms with Crippen LogP contribution < -0.4 is 5.73 Å². The molecular weight excluding hydrogens is 204 g/mol. The molecule has 0 aliphatic heterocycles. The smallest absolute Gasteiger partial charge is 0.168 e. The molecule has 6 heteroatoms. The largest absolute Gasteiger partial charge is 0.397 e. The molecule has 2 rings (SSSR count). The summed E-state index contributed by atoms with van der Waals surface area (Å²) in [5.74, 6) is -0.155. The summed E-state index contributed by atoms with van der Waals surface area (Å²) >= 11 is 5.69. The first-order chi connectivity index (χ1) is 6.59. The molecule has 0 aliphatic rings. The summed E-state index contributed by atoms with van der Waals surface area (Å²) in [4.78, 5) is 15.2. The molecule has 0 aromatic carbocycles. The summed E-state index contributed by atoms with van der Waals surface area (Å²) in [5, 5.41) is 4.22. The molecule has 14 heavy (non-hydrogen) atoms. The van der Waals surface area contributed by atoms with Crippen molar-refractivity contribution >= 4 is 28.7 Å². The van der Waals surface area contributed by atoms with E-state index in [9.17, 15) is 4.79 Å². The summed E-state index contributed by atoms with van der Waals surface area (Å²) < 4.78 is 1.43. The second-order valence-electron chi connectivity index (χ2n) is 2.86. The SMILES string of the molecule is CC(=O)c1c(N)cnn2cc(Cl)nc12. The number of rotatable bonds is 1. The molecule has 0 radical (unpaired) electrons. The quantitative estimate of drug-likeness (QED) is 0.717. The number of hydrogen-bond acceptors (Lipinski definition) is 4. The maximum absolute atomic E-state index is 11.3. The van der Waals surface area contributed by atoms with E-state index in [1.54, 1.807) is 0 Å². The maximum atomic E-state index is 11.3. The predicted molar refractivity (Wildman–Crippen MR) is 52.4 cm³/mol. The Labute approximate surface area is 84.5 Å². The topological polar surface area (TPSA) is 73.3 Å². The summed E-state index contributed by atoms with van der Waals surface area (Å²) in [6.45, 7) is 1.42. The van der Waals surface area contributed by atoms with E-state index in [-0.39, 0.29) is 10.9 Å². The lowest BCUT2D eigenvalue weighted by molar-refractivity contribution is 0.101. The third kappa shape index (κ3) is 1.22. The number of anilines is 1. The highest BCUT2D eigenvalue weighted by Crippen LogP contribution is 2.18. The molecule has 0 amide bonds. The Morgan fingerprint density at radius 3 is 3.00 bits per heavy atom. The van der Waals surface area contributed by atoms with Gasteiger partial charge in [-0.25, -0.2) is 9.50 Å². The molecule has 0 unspecified atom stereocenters. The Morgan fingerprint density at radius 2 is 2.36 bits per heavy atom. The summed E-state index contributed by atoms with van der Waals surface area (Å²) in [6.07, 6.45) is 2.92. The van der Waals surface area contributed by atoms with E-state index in [0.717, 1.165) is 0 Å². The van der Waals surface area contributed by atoms with E-state index in [2.05, 4.69) is 10.1 Å². The average Bonchev–Trinajstić information content (AvgIpc) is 2.43. The van der Waals surface area contributed by atoms with Crippen molar-refractivity contribution in [1.29, 1.82) is 0 Å². The normalized spacial score (nSPS) is 10.7. The number of ketones is 1. The van der Waals surface area contributed by atoms with Crippen LogP contribution in [0.15, 0.2) is 12.4 Å². The Kier molecular flexibility index (Phi) is 1.89. The van der Waals surface area contributed by atoms with Gasteiger partial charge < -0.3 is 5.73 Å². The van der Waals surface area contributed by atoms with Crippen LogP contribution in [-0.4, -0.2) is 20.4 Å². The third-order valence-corrected chi connectivity index (χ3v) is 2.03. The minimum Gasteiger partial charge on any atom is -0.397 e. The van der Waals surface area contributed by atoms with Crippen molar-refractivity contribution in [1.82, 2.24) is 14.6 Å². The van der Waals surface area contributed by atoms with Gasteiger partial charge in [-0.2, -0.15) is 5.10 Å². The number of halogens is 1. The first kappa shape index (κ1) is 8.96. The minimum atomic E-state index is -0.155. The van der Waals surface area contributed by atoms with Crippen LogP contribution >= 0.6 is 11.6 Å². The zero-order chi connectivity index (χ0) is 10.3. The van der Waals surface area contributed by atoms with E-state index in [1.807, 2.05) is 0 Å². The molecular formula is C8H7ClN4O. The van der Waals surface area contributed by atoms with Crippen molar-refractivity contribution in [3.8, 4) is 0 Å². The van der Waals surface area contributed by atoms with Gasteiger partial charge in [-0.15, -0.1) is 0 Å². The Bertz CT molecular complexity index is 519. The van der Waals surface area contributed by atoms with Gasteiger partial charge in [0.15, 0.2) is 11.4 Å². The van der Waals surface area contributed by atoms with Gasteiger partial charge in [0, 0.05) is 0 Å². The second kappa shape index (κ2) is 2.95. The monoisotopic (exact) mass is 210 g/mol. The number of Topliss-reactive ketones (excluding diaryl/α,β-unsaturated/α-hetero) is 1. The molecule has 5 nitrogen and oxygen atoms in total. The first-order valence-electron chi connectivity index (χ1n) is 3.90. The number of hydrogen-bond donors (Lipinski definition) is 1. The lowest BCUT2D eigenvalue weighted by atomic mass is 10.2. The fourth-order valence-corrected chi connectivity index (χ4v) is 1.45. The van der Waals surface area contributed by atoms with E-state index >= 15 is 0 Å². The Morgan fingerprint density at radius 1 is 1.64 bits per heavy atom. The van der Waals surface area contributed by atoms with E-state index < -0.39 is 0 Å². The van der Waals surface area contributed by atoms with Crippen molar-refractivity contribution in [3.05, 3.63) is 23.1 Å². The fraction of sp³-hybridized carbons (Fsp3) is 0.125. The predicted octanol–water partition coefficient (Wildman–Crippen LogP) is 1.17. The number of nitrogen functional groups attached to an aromatic ring is 1. The van der Waals surface area contributed by atoms with Crippen LogP contribution in [0.5, 0.6) is 0 Å². The Balaban J connectivity index is 2.88. The molecule has 0 atom stereocenters. The van der Waals surface area contributed by atoms with Crippen LogP contribution in [0.4, 0.5) is 5.69 Å². The molecule has 0 fully saturated rings. The molecule has 2 heterocycles. The Hall–Kier alpha value is -1.62. The summed E-state index contributed by atoms with van der Waals surface area (Å²) in [5.41, 5.74) is 6.67. The van der Waals surface area contributed by atoms with E-state index in [4.69, 9.17) is 17.3 Å². The van der Waals surface area contributed by atoms with Crippen LogP contribution in [0.3, 0.4) is 0 Å². The van der Waals surface area contributed by atoms with Crippen LogP contribution in [0.25, 0.3) is 5.65 Å². The van der Waals surface area contributed by atoms with Crippen LogP contribution in [0.2, 0.25) is 5.15 Å². The highest BCUT2D eigenvalue weighted by molar-refractivity contribution is 6.29. The van der Waals surface area contributed by atoms with Crippen molar-refractivity contribution in [2.45, 2.75) is 6.92 Å². The lowest BCUT2D eigenvalue weighted by Crippen LogP contribution is -2.05. The van der Waals surface area contributed by atoms with Crippen molar-refractivity contribution in [3.63, 3.8) is 0 Å². The van der Waals surface area contributed by atoms with E-state index in [0.29, 0.717) is 16.9 Å². The van der Waals surface area contributed by atoms with Crippen molar-refractivity contribution < 1.29 is 4.79 Å². The number of aromatic nitrogens is 3. The first-order valence-corrected chi connectivity index (χ1v) is 4.27. The van der Waals surface area contributed by atoms with Crippen LogP contribution in [-0.2, 0) is 0 Å². The summed E-state index contributed by atoms with van der Waals surface area (Å²) in [7, 11) is 0. The molecule has 0 aliphatic carbocycles. The molecule has 2 aromatic rings.